The van der Waals surface area contributed by atoms with E-state index in [9.17, 15) is 9.59 Å². The summed E-state index contributed by atoms with van der Waals surface area (Å²) >= 11 is 0. The van der Waals surface area contributed by atoms with E-state index < -0.39 is 0 Å². The van der Waals surface area contributed by atoms with Crippen molar-refractivity contribution in [1.29, 1.82) is 0 Å². The topological polar surface area (TPSA) is 81.3 Å². The lowest BCUT2D eigenvalue weighted by atomic mass is 10.2. The lowest BCUT2D eigenvalue weighted by molar-refractivity contribution is 0.143. The summed E-state index contributed by atoms with van der Waals surface area (Å²) in [5, 5.41) is 8.76. The van der Waals surface area contributed by atoms with Gasteiger partial charge < -0.3 is 4.90 Å². The predicted octanol–water partition coefficient (Wildman–Crippen LogP) is 1.12. The van der Waals surface area contributed by atoms with Crippen molar-refractivity contribution < 1.29 is 4.79 Å². The largest absolute Gasteiger partial charge is 0.323 e. The third-order valence-corrected chi connectivity index (χ3v) is 3.82. The third-order valence-electron chi connectivity index (χ3n) is 3.82. The monoisotopic (exact) mass is 313 g/mol. The highest BCUT2D eigenvalue weighted by atomic mass is 16.2. The van der Waals surface area contributed by atoms with E-state index in [-0.39, 0.29) is 11.6 Å². The number of hydrogen-bond acceptors (Lipinski definition) is 4. The Hall–Kier alpha value is -2.67. The minimum atomic E-state index is -0.294. The van der Waals surface area contributed by atoms with Crippen molar-refractivity contribution in [1.82, 2.24) is 20.0 Å². The number of urea groups is 1. The number of carbonyl (C=O) groups excluding carboxylic acids is 1. The molecule has 1 aromatic carbocycles. The maximum Gasteiger partial charge on any atom is 0.323 e. The molecule has 120 valence electrons. The second-order valence-electron chi connectivity index (χ2n) is 5.49. The standard InChI is InChI=1S/C16H19N5O2/c22-15-7-6-14(18-19-15)17-16(23)21-10-8-20(9-11-21)12-13-4-2-1-3-5-13/h1-7H,8-12H2,(H,19,22)(H,17,18,23). The lowest BCUT2D eigenvalue weighted by Crippen LogP contribution is -2.49. The number of aromatic nitrogens is 2. The van der Waals surface area contributed by atoms with Crippen LogP contribution in [0.4, 0.5) is 10.6 Å². The van der Waals surface area contributed by atoms with E-state index >= 15 is 0 Å². The van der Waals surface area contributed by atoms with Gasteiger partial charge in [-0.05, 0) is 11.6 Å². The Morgan fingerprint density at radius 3 is 2.48 bits per heavy atom. The fraction of sp³-hybridized carbons (Fsp3) is 0.312. The molecule has 1 aromatic heterocycles. The Bertz CT molecular complexity index is 687. The lowest BCUT2D eigenvalue weighted by Gasteiger charge is -2.34. The molecule has 0 unspecified atom stereocenters. The summed E-state index contributed by atoms with van der Waals surface area (Å²) in [5.41, 5.74) is 0.986. The molecule has 0 bridgehead atoms. The summed E-state index contributed by atoms with van der Waals surface area (Å²) in [6, 6.07) is 12.9. The summed E-state index contributed by atoms with van der Waals surface area (Å²) in [6.45, 7) is 3.91. The van der Waals surface area contributed by atoms with Crippen LogP contribution in [-0.4, -0.2) is 52.2 Å². The number of piperazine rings is 1. The molecular formula is C16H19N5O2. The molecule has 2 amide bonds. The second-order valence-corrected chi connectivity index (χ2v) is 5.49. The average Bonchev–Trinajstić information content (AvgIpc) is 2.58. The summed E-state index contributed by atoms with van der Waals surface area (Å²) in [6.07, 6.45) is 0. The minimum Gasteiger partial charge on any atom is -0.322 e. The van der Waals surface area contributed by atoms with E-state index in [1.54, 1.807) is 4.90 Å². The molecule has 0 spiro atoms. The summed E-state index contributed by atoms with van der Waals surface area (Å²) in [4.78, 5) is 27.2. The molecule has 0 radical (unpaired) electrons. The van der Waals surface area contributed by atoms with Gasteiger partial charge in [-0.3, -0.25) is 15.0 Å². The summed E-state index contributed by atoms with van der Waals surface area (Å²) in [5.74, 6) is 0.348. The zero-order valence-corrected chi connectivity index (χ0v) is 12.7. The van der Waals surface area contributed by atoms with Gasteiger partial charge in [-0.1, -0.05) is 30.3 Å². The fourth-order valence-corrected chi connectivity index (χ4v) is 2.55. The highest BCUT2D eigenvalue weighted by Gasteiger charge is 2.21. The van der Waals surface area contributed by atoms with E-state index in [2.05, 4.69) is 32.5 Å². The predicted molar refractivity (Wildman–Crippen MR) is 87.2 cm³/mol. The quantitative estimate of drug-likeness (QED) is 0.890. The number of hydrogen-bond donors (Lipinski definition) is 2. The maximum atomic E-state index is 12.2. The van der Waals surface area contributed by atoms with Crippen molar-refractivity contribution in [2.24, 2.45) is 0 Å². The number of H-pyrrole nitrogens is 1. The van der Waals surface area contributed by atoms with E-state index in [4.69, 9.17) is 0 Å². The van der Waals surface area contributed by atoms with Crippen molar-refractivity contribution in [3.8, 4) is 0 Å². The van der Waals surface area contributed by atoms with E-state index in [1.807, 2.05) is 18.2 Å². The minimum absolute atomic E-state index is 0.191. The highest BCUT2D eigenvalue weighted by molar-refractivity contribution is 5.88. The molecular weight excluding hydrogens is 294 g/mol. The number of amides is 2. The number of carbonyl (C=O) groups is 1. The van der Waals surface area contributed by atoms with Gasteiger partial charge in [0.1, 0.15) is 0 Å². The van der Waals surface area contributed by atoms with Crippen LogP contribution in [0.25, 0.3) is 0 Å². The Morgan fingerprint density at radius 1 is 1.09 bits per heavy atom. The van der Waals surface area contributed by atoms with E-state index in [0.29, 0.717) is 18.9 Å². The van der Waals surface area contributed by atoms with Crippen molar-refractivity contribution in [3.63, 3.8) is 0 Å². The van der Waals surface area contributed by atoms with Gasteiger partial charge in [0.25, 0.3) is 5.56 Å². The molecule has 7 nitrogen and oxygen atoms in total. The highest BCUT2D eigenvalue weighted by Crippen LogP contribution is 2.09. The van der Waals surface area contributed by atoms with E-state index in [1.165, 1.54) is 17.7 Å². The van der Waals surface area contributed by atoms with Gasteiger partial charge in [-0.25, -0.2) is 9.89 Å². The Labute approximate surface area is 133 Å². The Morgan fingerprint density at radius 2 is 1.83 bits per heavy atom. The van der Waals surface area contributed by atoms with Gasteiger partial charge in [-0.2, -0.15) is 5.10 Å². The van der Waals surface area contributed by atoms with Crippen LogP contribution in [-0.2, 0) is 6.54 Å². The van der Waals surface area contributed by atoms with Crippen LogP contribution in [0.1, 0.15) is 5.56 Å². The second kappa shape index (κ2) is 7.06. The molecule has 2 N–H and O–H groups in total. The zero-order chi connectivity index (χ0) is 16.1. The van der Waals surface area contributed by atoms with E-state index in [0.717, 1.165) is 19.6 Å². The average molecular weight is 313 g/mol. The van der Waals surface area contributed by atoms with Crippen LogP contribution in [0.15, 0.2) is 47.3 Å². The van der Waals surface area contributed by atoms with Crippen LogP contribution in [0, 0.1) is 0 Å². The molecule has 1 aliphatic rings. The first-order valence-electron chi connectivity index (χ1n) is 7.59. The first-order valence-corrected chi connectivity index (χ1v) is 7.59. The van der Waals surface area contributed by atoms with Crippen molar-refractivity contribution in [3.05, 3.63) is 58.4 Å². The third kappa shape index (κ3) is 4.17. The molecule has 0 aliphatic carbocycles. The molecule has 7 heteroatoms. The first kappa shape index (κ1) is 15.2. The molecule has 1 saturated heterocycles. The van der Waals surface area contributed by atoms with Crippen molar-refractivity contribution in [2.75, 3.05) is 31.5 Å². The SMILES string of the molecule is O=C(Nc1ccc(=O)[nH]n1)N1CCN(Cc2ccccc2)CC1. The number of nitrogens with one attached hydrogen (secondary N) is 2. The fourth-order valence-electron chi connectivity index (χ4n) is 2.55. The molecule has 0 atom stereocenters. The van der Waals surface area contributed by atoms with Gasteiger partial charge in [0, 0.05) is 38.8 Å². The molecule has 23 heavy (non-hydrogen) atoms. The van der Waals surface area contributed by atoms with Crippen molar-refractivity contribution >= 4 is 11.8 Å². The number of rotatable bonds is 3. The number of anilines is 1. The Balaban J connectivity index is 1.49. The molecule has 1 aliphatic heterocycles. The zero-order valence-electron chi connectivity index (χ0n) is 12.7. The number of benzene rings is 1. The Kier molecular flexibility index (Phi) is 4.68. The molecule has 1 fully saturated rings. The van der Waals surface area contributed by atoms with Gasteiger partial charge in [0.05, 0.1) is 0 Å². The van der Waals surface area contributed by atoms with Gasteiger partial charge in [-0.15, -0.1) is 0 Å². The van der Waals surface area contributed by atoms with Crippen LogP contribution >= 0.6 is 0 Å². The molecule has 0 saturated carbocycles. The van der Waals surface area contributed by atoms with Crippen LogP contribution < -0.4 is 10.9 Å². The van der Waals surface area contributed by atoms with Crippen molar-refractivity contribution in [2.45, 2.75) is 6.54 Å². The van der Waals surface area contributed by atoms with Crippen LogP contribution in [0.3, 0.4) is 0 Å². The first-order chi connectivity index (χ1) is 11.2. The molecule has 3 rings (SSSR count). The summed E-state index contributed by atoms with van der Waals surface area (Å²) < 4.78 is 0. The van der Waals surface area contributed by atoms with Gasteiger partial charge in [0.15, 0.2) is 5.82 Å². The van der Waals surface area contributed by atoms with Crippen LogP contribution in [0.5, 0.6) is 0 Å². The molecule has 2 aromatic rings. The van der Waals surface area contributed by atoms with Gasteiger partial charge in [0.2, 0.25) is 0 Å². The normalized spacial score (nSPS) is 15.4. The van der Waals surface area contributed by atoms with Crippen LogP contribution in [0.2, 0.25) is 0 Å². The molecule has 2 heterocycles. The number of aromatic amines is 1. The maximum absolute atomic E-state index is 12.2. The smallest absolute Gasteiger partial charge is 0.322 e. The van der Waals surface area contributed by atoms with Gasteiger partial charge >= 0.3 is 6.03 Å². The number of nitrogens with zero attached hydrogens (tertiary/aromatic N) is 3. The summed E-state index contributed by atoms with van der Waals surface area (Å²) in [7, 11) is 0.